The van der Waals surface area contributed by atoms with Gasteiger partial charge in [-0.3, -0.25) is 14.4 Å². The number of fused-ring (bicyclic) bond motifs is 1. The van der Waals surface area contributed by atoms with Crippen molar-refractivity contribution in [3.05, 3.63) is 101 Å². The number of aryl methyl sites for hydroxylation is 1. The van der Waals surface area contributed by atoms with Gasteiger partial charge in [0.25, 0.3) is 5.89 Å². The third-order valence-electron chi connectivity index (χ3n) is 8.92. The predicted molar refractivity (Wildman–Crippen MR) is 191 cm³/mol. The van der Waals surface area contributed by atoms with Crippen LogP contribution >= 0.6 is 11.6 Å². The normalized spacial score (nSPS) is 17.5. The molecule has 0 unspecified atom stereocenters. The van der Waals surface area contributed by atoms with Gasteiger partial charge in [0.1, 0.15) is 17.4 Å². The Labute approximate surface area is 301 Å². The van der Waals surface area contributed by atoms with E-state index in [1.54, 1.807) is 12.1 Å². The zero-order chi connectivity index (χ0) is 36.5. The van der Waals surface area contributed by atoms with E-state index >= 15 is 0 Å². The zero-order valence-electron chi connectivity index (χ0n) is 28.3. The first-order valence-corrected chi connectivity index (χ1v) is 19.2. The van der Waals surface area contributed by atoms with Crippen molar-refractivity contribution in [1.29, 1.82) is 0 Å². The molecule has 1 aromatic heterocycles. The number of halogens is 2. The first kappa shape index (κ1) is 38.2. The molecule has 0 aliphatic carbocycles. The second-order valence-corrected chi connectivity index (χ2v) is 15.1. The summed E-state index contributed by atoms with van der Waals surface area (Å²) < 4.78 is 53.0. The van der Waals surface area contributed by atoms with Crippen LogP contribution < -0.4 is 10.5 Å². The Morgan fingerprint density at radius 1 is 1.06 bits per heavy atom. The smallest absolute Gasteiger partial charge is 0.264 e. The summed E-state index contributed by atoms with van der Waals surface area (Å²) in [4.78, 5) is 47.9. The molecule has 3 aromatic carbocycles. The maximum Gasteiger partial charge on any atom is 0.264 e. The predicted octanol–water partition coefficient (Wildman–Crippen LogP) is 5.24. The number of unbranched alkanes of at least 4 members (excludes halogenated alkanes) is 1. The number of oxazole rings is 1. The number of aromatic nitrogens is 1. The van der Waals surface area contributed by atoms with Crippen LogP contribution in [0.4, 0.5) is 4.39 Å². The number of benzene rings is 3. The molecule has 3 N–H and O–H groups in total. The van der Waals surface area contributed by atoms with Gasteiger partial charge in [-0.1, -0.05) is 60.5 Å². The number of amides is 1. The number of nitrogens with zero attached hydrogens (tertiary/aromatic N) is 2. The van der Waals surface area contributed by atoms with Crippen LogP contribution in [0.25, 0.3) is 11.1 Å². The van der Waals surface area contributed by atoms with Gasteiger partial charge in [0.05, 0.1) is 25.0 Å². The molecule has 0 radical (unpaired) electrons. The monoisotopic (exact) mass is 740 g/mol. The molecule has 0 saturated carbocycles. The lowest BCUT2D eigenvalue weighted by Crippen LogP contribution is -2.52. The topological polar surface area (TPSA) is 162 Å². The van der Waals surface area contributed by atoms with Crippen LogP contribution in [-0.4, -0.2) is 73.3 Å². The maximum atomic E-state index is 14.2. The van der Waals surface area contributed by atoms with E-state index in [2.05, 4.69) is 9.71 Å². The number of ether oxygens (including phenoxy) is 1. The lowest BCUT2D eigenvalue weighted by molar-refractivity contribution is -0.139. The Hall–Kier alpha value is -4.01. The molecule has 0 spiro atoms. The number of carbonyl (C=O) groups is 3. The van der Waals surface area contributed by atoms with E-state index < -0.39 is 51.6 Å². The Morgan fingerprint density at radius 2 is 1.80 bits per heavy atom. The van der Waals surface area contributed by atoms with Gasteiger partial charge in [0.2, 0.25) is 21.7 Å². The Kier molecular flexibility index (Phi) is 13.1. The van der Waals surface area contributed by atoms with Crippen molar-refractivity contribution >= 4 is 50.2 Å². The van der Waals surface area contributed by atoms with E-state index in [-0.39, 0.29) is 49.7 Å². The van der Waals surface area contributed by atoms with E-state index in [0.29, 0.717) is 42.8 Å². The molecular formula is C37H42ClFN4O7S. The van der Waals surface area contributed by atoms with E-state index in [0.717, 1.165) is 23.4 Å². The van der Waals surface area contributed by atoms with Gasteiger partial charge >= 0.3 is 0 Å². The molecule has 1 aliphatic heterocycles. The quantitative estimate of drug-likeness (QED) is 0.103. The van der Waals surface area contributed by atoms with Crippen molar-refractivity contribution in [2.75, 3.05) is 19.3 Å². The number of rotatable bonds is 18. The van der Waals surface area contributed by atoms with Gasteiger partial charge in [-0.25, -0.2) is 22.5 Å². The molecule has 1 amide bonds. The summed E-state index contributed by atoms with van der Waals surface area (Å²) in [6.07, 6.45) is 2.39. The number of likely N-dealkylation sites (tertiary alicyclic amines) is 1. The van der Waals surface area contributed by atoms with Crippen molar-refractivity contribution in [3.8, 4) is 0 Å². The van der Waals surface area contributed by atoms with E-state index in [9.17, 15) is 27.2 Å². The van der Waals surface area contributed by atoms with Crippen LogP contribution in [0.3, 0.4) is 0 Å². The molecule has 272 valence electrons. The Balaban J connectivity index is 1.39. The fourth-order valence-electron chi connectivity index (χ4n) is 6.33. The van der Waals surface area contributed by atoms with Crippen molar-refractivity contribution in [2.24, 2.45) is 11.7 Å². The van der Waals surface area contributed by atoms with Gasteiger partial charge < -0.3 is 19.8 Å². The fraction of sp³-hybridized carbons (Fsp3) is 0.405. The Bertz CT molecular complexity index is 1920. The SMILES string of the molecule is CS(=O)(=O)N[C@H](CCc1ccccc1)C(=O)N1C[C@H](OCc2ccc(Cl)cc2)C[C@H]1C(=O)C[C@@H](CCCCN)C(=O)c1nc2ccc(F)cc2o1. The number of hydrogen-bond acceptors (Lipinski definition) is 9. The molecule has 2 heterocycles. The standard InChI is InChI=1S/C37H42ClFN4O7S/c1-51(47,48)42-31(16-12-24-7-3-2-4-8-24)37(46)43-22-29(49-23-25-10-13-27(38)14-11-25)21-32(43)33(44)19-26(9-5-6-18-40)35(45)36-41-30-17-15-28(39)20-34(30)50-36/h2-4,7-8,10-11,13-15,17,20,26,29,31-32,42H,5-6,9,12,16,18-19,21-23,40H2,1H3/t26-,29-,31-,32+/m1/s1. The summed E-state index contributed by atoms with van der Waals surface area (Å²) in [5.41, 5.74) is 7.89. The van der Waals surface area contributed by atoms with Gasteiger partial charge in [0, 0.05) is 36.4 Å². The minimum Gasteiger partial charge on any atom is -0.434 e. The number of hydrogen-bond donors (Lipinski definition) is 2. The lowest BCUT2D eigenvalue weighted by Gasteiger charge is -2.29. The second kappa shape index (κ2) is 17.5. The first-order chi connectivity index (χ1) is 24.4. The summed E-state index contributed by atoms with van der Waals surface area (Å²) >= 11 is 6.03. The largest absolute Gasteiger partial charge is 0.434 e. The highest BCUT2D eigenvalue weighted by Gasteiger charge is 2.43. The van der Waals surface area contributed by atoms with E-state index in [1.165, 1.54) is 17.0 Å². The van der Waals surface area contributed by atoms with Gasteiger partial charge in [0.15, 0.2) is 11.4 Å². The Morgan fingerprint density at radius 3 is 2.51 bits per heavy atom. The highest BCUT2D eigenvalue weighted by Crippen LogP contribution is 2.29. The molecule has 11 nitrogen and oxygen atoms in total. The van der Waals surface area contributed by atoms with Gasteiger partial charge in [-0.15, -0.1) is 0 Å². The molecule has 1 fully saturated rings. The van der Waals surface area contributed by atoms with E-state index in [4.69, 9.17) is 26.5 Å². The summed E-state index contributed by atoms with van der Waals surface area (Å²) in [6, 6.07) is 18.1. The molecule has 4 atom stereocenters. The number of nitrogens with one attached hydrogen (secondary N) is 1. The first-order valence-electron chi connectivity index (χ1n) is 16.9. The third kappa shape index (κ3) is 10.7. The second-order valence-electron chi connectivity index (χ2n) is 12.9. The minimum absolute atomic E-state index is 0.0403. The van der Waals surface area contributed by atoms with Gasteiger partial charge in [-0.05, 0) is 67.6 Å². The average molecular weight is 741 g/mol. The number of nitrogens with two attached hydrogens (primary N) is 1. The van der Waals surface area contributed by atoms with Crippen molar-refractivity contribution < 1.29 is 36.3 Å². The lowest BCUT2D eigenvalue weighted by atomic mass is 9.89. The molecule has 0 bridgehead atoms. The highest BCUT2D eigenvalue weighted by atomic mass is 35.5. The summed E-state index contributed by atoms with van der Waals surface area (Å²) in [5.74, 6) is -3.07. The van der Waals surface area contributed by atoms with Crippen LogP contribution in [0.2, 0.25) is 5.02 Å². The summed E-state index contributed by atoms with van der Waals surface area (Å²) in [6.45, 7) is 0.632. The molecule has 5 rings (SSSR count). The summed E-state index contributed by atoms with van der Waals surface area (Å²) in [5, 5.41) is 0.572. The van der Waals surface area contributed by atoms with Gasteiger partial charge in [-0.2, -0.15) is 0 Å². The maximum absolute atomic E-state index is 14.2. The van der Waals surface area contributed by atoms with E-state index in [1.807, 2.05) is 42.5 Å². The summed E-state index contributed by atoms with van der Waals surface area (Å²) in [7, 11) is -3.81. The third-order valence-corrected chi connectivity index (χ3v) is 9.89. The van der Waals surface area contributed by atoms with Crippen LogP contribution in [0.15, 0.2) is 77.2 Å². The molecule has 14 heteroatoms. The van der Waals surface area contributed by atoms with Crippen LogP contribution in [-0.2, 0) is 37.4 Å². The minimum atomic E-state index is -3.81. The van der Waals surface area contributed by atoms with Crippen LogP contribution in [0.5, 0.6) is 0 Å². The number of carbonyl (C=O) groups excluding carboxylic acids is 3. The molecule has 1 aliphatic rings. The average Bonchev–Trinajstić information content (AvgIpc) is 3.73. The number of sulfonamides is 1. The van der Waals surface area contributed by atoms with Crippen LogP contribution in [0, 0.1) is 11.7 Å². The van der Waals surface area contributed by atoms with Crippen molar-refractivity contribution in [1.82, 2.24) is 14.6 Å². The number of Topliss-reactive ketones (excluding diaryl/α,β-unsaturated/α-hetero) is 2. The fourth-order valence-corrected chi connectivity index (χ4v) is 7.19. The molecule has 4 aromatic rings. The van der Waals surface area contributed by atoms with Crippen molar-refractivity contribution in [3.63, 3.8) is 0 Å². The molecule has 1 saturated heterocycles. The van der Waals surface area contributed by atoms with Crippen LogP contribution in [0.1, 0.15) is 60.3 Å². The zero-order valence-corrected chi connectivity index (χ0v) is 29.9. The highest BCUT2D eigenvalue weighted by molar-refractivity contribution is 7.88. The molecular weight excluding hydrogens is 699 g/mol. The van der Waals surface area contributed by atoms with Crippen molar-refractivity contribution in [2.45, 2.75) is 69.7 Å². The number of ketones is 2. The molecule has 51 heavy (non-hydrogen) atoms.